The lowest BCUT2D eigenvalue weighted by molar-refractivity contribution is 0.100. The van der Waals surface area contributed by atoms with Crippen LogP contribution in [0.25, 0.3) is 0 Å². The SMILES string of the molecule is CC(C1CCCN1)N(C)C1CCC1. The number of rotatable bonds is 3. The molecule has 0 aromatic rings. The van der Waals surface area contributed by atoms with Crippen LogP contribution in [0, 0.1) is 0 Å². The van der Waals surface area contributed by atoms with Crippen LogP contribution in [0.5, 0.6) is 0 Å². The third-order valence-electron chi connectivity index (χ3n) is 3.97. The average Bonchev–Trinajstić information content (AvgIpc) is 2.51. The highest BCUT2D eigenvalue weighted by Crippen LogP contribution is 2.27. The highest BCUT2D eigenvalue weighted by atomic mass is 15.2. The maximum atomic E-state index is 3.60. The summed E-state index contributed by atoms with van der Waals surface area (Å²) < 4.78 is 0. The Kier molecular flexibility index (Phi) is 2.89. The summed E-state index contributed by atoms with van der Waals surface area (Å²) in [6.07, 6.45) is 7.03. The summed E-state index contributed by atoms with van der Waals surface area (Å²) in [5, 5.41) is 3.60. The molecule has 0 aromatic heterocycles. The number of nitrogens with one attached hydrogen (secondary N) is 1. The molecule has 1 N–H and O–H groups in total. The molecule has 0 radical (unpaired) electrons. The third-order valence-corrected chi connectivity index (χ3v) is 3.97. The third kappa shape index (κ3) is 1.89. The Bertz CT molecular complexity index is 159. The van der Waals surface area contributed by atoms with E-state index < -0.39 is 0 Å². The molecule has 0 bridgehead atoms. The summed E-state index contributed by atoms with van der Waals surface area (Å²) in [7, 11) is 2.30. The van der Waals surface area contributed by atoms with Crippen LogP contribution in [0.4, 0.5) is 0 Å². The van der Waals surface area contributed by atoms with Gasteiger partial charge in [0.15, 0.2) is 0 Å². The van der Waals surface area contributed by atoms with Crippen molar-refractivity contribution in [3.8, 4) is 0 Å². The van der Waals surface area contributed by atoms with Crippen molar-refractivity contribution in [3.05, 3.63) is 0 Å². The summed E-state index contributed by atoms with van der Waals surface area (Å²) in [6.45, 7) is 3.61. The van der Waals surface area contributed by atoms with Crippen LogP contribution in [0.2, 0.25) is 0 Å². The van der Waals surface area contributed by atoms with E-state index in [1.807, 2.05) is 0 Å². The molecule has 0 amide bonds. The Morgan fingerprint density at radius 1 is 1.23 bits per heavy atom. The molecule has 0 aromatic carbocycles. The zero-order valence-electron chi connectivity index (χ0n) is 8.92. The second kappa shape index (κ2) is 3.97. The van der Waals surface area contributed by atoms with Gasteiger partial charge in [-0.25, -0.2) is 0 Å². The Balaban J connectivity index is 1.83. The number of hydrogen-bond acceptors (Lipinski definition) is 2. The fourth-order valence-corrected chi connectivity index (χ4v) is 2.53. The molecule has 2 nitrogen and oxygen atoms in total. The van der Waals surface area contributed by atoms with E-state index in [2.05, 4.69) is 24.2 Å². The fraction of sp³-hybridized carbons (Fsp3) is 1.00. The smallest absolute Gasteiger partial charge is 0.0221 e. The van der Waals surface area contributed by atoms with Gasteiger partial charge in [0.2, 0.25) is 0 Å². The van der Waals surface area contributed by atoms with Crippen molar-refractivity contribution < 1.29 is 0 Å². The van der Waals surface area contributed by atoms with E-state index in [0.717, 1.165) is 18.1 Å². The summed E-state index contributed by atoms with van der Waals surface area (Å²) in [4.78, 5) is 2.59. The van der Waals surface area contributed by atoms with Gasteiger partial charge >= 0.3 is 0 Å². The van der Waals surface area contributed by atoms with Crippen LogP contribution in [0.1, 0.15) is 39.0 Å². The second-order valence-corrected chi connectivity index (χ2v) is 4.69. The zero-order valence-corrected chi connectivity index (χ0v) is 8.92. The standard InChI is InChI=1S/C11H22N2/c1-9(11-7-4-8-12-11)13(2)10-5-3-6-10/h9-12H,3-8H2,1-2H3. The number of likely N-dealkylation sites (N-methyl/N-ethyl adjacent to an activating group) is 1. The van der Waals surface area contributed by atoms with E-state index in [4.69, 9.17) is 0 Å². The summed E-state index contributed by atoms with van der Waals surface area (Å²) >= 11 is 0. The van der Waals surface area contributed by atoms with Gasteiger partial charge < -0.3 is 5.32 Å². The van der Waals surface area contributed by atoms with E-state index in [-0.39, 0.29) is 0 Å². The maximum Gasteiger partial charge on any atom is 0.0221 e. The summed E-state index contributed by atoms with van der Waals surface area (Å²) in [5.41, 5.74) is 0. The molecule has 2 aliphatic rings. The van der Waals surface area contributed by atoms with Crippen molar-refractivity contribution in [2.24, 2.45) is 0 Å². The van der Waals surface area contributed by atoms with E-state index >= 15 is 0 Å². The minimum atomic E-state index is 0.729. The Morgan fingerprint density at radius 3 is 2.46 bits per heavy atom. The Labute approximate surface area is 81.7 Å². The van der Waals surface area contributed by atoms with Crippen molar-refractivity contribution in [3.63, 3.8) is 0 Å². The normalized spacial score (nSPS) is 32.1. The molecule has 2 rings (SSSR count). The Hall–Kier alpha value is -0.0800. The molecule has 1 heterocycles. The van der Waals surface area contributed by atoms with Gasteiger partial charge in [-0.15, -0.1) is 0 Å². The predicted octanol–water partition coefficient (Wildman–Crippen LogP) is 1.61. The minimum Gasteiger partial charge on any atom is -0.312 e. The van der Waals surface area contributed by atoms with Crippen LogP contribution >= 0.6 is 0 Å². The van der Waals surface area contributed by atoms with Crippen molar-refractivity contribution in [1.29, 1.82) is 0 Å². The molecule has 1 aliphatic carbocycles. The average molecular weight is 182 g/mol. The Morgan fingerprint density at radius 2 is 2.00 bits per heavy atom. The first-order valence-electron chi connectivity index (χ1n) is 5.74. The predicted molar refractivity (Wildman–Crippen MR) is 55.9 cm³/mol. The monoisotopic (exact) mass is 182 g/mol. The molecule has 1 saturated heterocycles. The molecule has 76 valence electrons. The van der Waals surface area contributed by atoms with E-state index in [9.17, 15) is 0 Å². The minimum absolute atomic E-state index is 0.729. The molecule has 2 heteroatoms. The molecule has 2 unspecified atom stereocenters. The van der Waals surface area contributed by atoms with Gasteiger partial charge in [-0.1, -0.05) is 6.42 Å². The first-order valence-corrected chi connectivity index (χ1v) is 5.74. The molecule has 2 atom stereocenters. The largest absolute Gasteiger partial charge is 0.312 e. The molecule has 2 fully saturated rings. The highest BCUT2D eigenvalue weighted by molar-refractivity contribution is 4.89. The van der Waals surface area contributed by atoms with Crippen molar-refractivity contribution in [1.82, 2.24) is 10.2 Å². The number of nitrogens with zero attached hydrogens (tertiary/aromatic N) is 1. The van der Waals surface area contributed by atoms with Gasteiger partial charge in [-0.2, -0.15) is 0 Å². The molecule has 1 saturated carbocycles. The topological polar surface area (TPSA) is 15.3 Å². The van der Waals surface area contributed by atoms with Crippen molar-refractivity contribution >= 4 is 0 Å². The van der Waals surface area contributed by atoms with Crippen molar-refractivity contribution in [2.75, 3.05) is 13.6 Å². The van der Waals surface area contributed by atoms with Crippen LogP contribution < -0.4 is 5.32 Å². The molecule has 13 heavy (non-hydrogen) atoms. The molecule has 1 aliphatic heterocycles. The lowest BCUT2D eigenvalue weighted by Gasteiger charge is -2.40. The molecular formula is C11H22N2. The van der Waals surface area contributed by atoms with E-state index in [1.165, 1.54) is 38.6 Å². The summed E-state index contributed by atoms with van der Waals surface area (Å²) in [6, 6.07) is 2.37. The lowest BCUT2D eigenvalue weighted by Crippen LogP contribution is -2.50. The van der Waals surface area contributed by atoms with E-state index in [1.54, 1.807) is 0 Å². The fourth-order valence-electron chi connectivity index (χ4n) is 2.53. The van der Waals surface area contributed by atoms with E-state index in [0.29, 0.717) is 0 Å². The van der Waals surface area contributed by atoms with Crippen LogP contribution in [0.3, 0.4) is 0 Å². The molecule has 0 spiro atoms. The first-order chi connectivity index (χ1) is 6.29. The first kappa shape index (κ1) is 9.47. The zero-order chi connectivity index (χ0) is 9.26. The second-order valence-electron chi connectivity index (χ2n) is 4.69. The van der Waals surface area contributed by atoms with Crippen LogP contribution in [0.15, 0.2) is 0 Å². The van der Waals surface area contributed by atoms with Gasteiger partial charge in [0.25, 0.3) is 0 Å². The van der Waals surface area contributed by atoms with Gasteiger partial charge in [-0.3, -0.25) is 4.90 Å². The lowest BCUT2D eigenvalue weighted by atomic mass is 9.90. The molecular weight excluding hydrogens is 160 g/mol. The summed E-state index contributed by atoms with van der Waals surface area (Å²) in [5.74, 6) is 0. The highest BCUT2D eigenvalue weighted by Gasteiger charge is 2.30. The van der Waals surface area contributed by atoms with Gasteiger partial charge in [-0.05, 0) is 46.2 Å². The van der Waals surface area contributed by atoms with Crippen molar-refractivity contribution in [2.45, 2.75) is 57.2 Å². The van der Waals surface area contributed by atoms with Crippen LogP contribution in [-0.2, 0) is 0 Å². The van der Waals surface area contributed by atoms with Gasteiger partial charge in [0, 0.05) is 18.1 Å². The number of hydrogen-bond donors (Lipinski definition) is 1. The quantitative estimate of drug-likeness (QED) is 0.713. The van der Waals surface area contributed by atoms with Gasteiger partial charge in [0.05, 0.1) is 0 Å². The van der Waals surface area contributed by atoms with Gasteiger partial charge in [0.1, 0.15) is 0 Å². The van der Waals surface area contributed by atoms with Crippen LogP contribution in [-0.4, -0.2) is 36.6 Å². The maximum absolute atomic E-state index is 3.60.